The average Bonchev–Trinajstić information content (AvgIpc) is 3.22. The summed E-state index contributed by atoms with van der Waals surface area (Å²) < 4.78 is 5.32. The van der Waals surface area contributed by atoms with Crippen molar-refractivity contribution in [3.05, 3.63) is 59.8 Å². The van der Waals surface area contributed by atoms with Crippen LogP contribution < -0.4 is 0 Å². The highest BCUT2D eigenvalue weighted by atomic mass is 16.5. The lowest BCUT2D eigenvalue weighted by molar-refractivity contribution is 0.0667. The van der Waals surface area contributed by atoms with Crippen LogP contribution in [0, 0.1) is 12.8 Å². The van der Waals surface area contributed by atoms with Gasteiger partial charge in [-0.2, -0.15) is 4.98 Å². The minimum absolute atomic E-state index is 0.0641. The largest absolute Gasteiger partial charge is 0.338 e. The first-order valence-electron chi connectivity index (χ1n) is 9.65. The fourth-order valence-electron chi connectivity index (χ4n) is 3.54. The molecule has 1 aliphatic rings. The first-order chi connectivity index (χ1) is 13.7. The maximum atomic E-state index is 12.7. The molecule has 1 unspecified atom stereocenters. The second-order valence-corrected chi connectivity index (χ2v) is 7.22. The Morgan fingerprint density at radius 1 is 1.25 bits per heavy atom. The number of carbonyl (C=O) groups is 1. The number of amides is 1. The molecule has 0 N–H and O–H groups in total. The number of aryl methyl sites for hydroxylation is 2. The Bertz CT molecular complexity index is 923. The third-order valence-corrected chi connectivity index (χ3v) is 5.09. The topological polar surface area (TPSA) is 85.0 Å². The standard InChI is InChI=1S/C21H23N5O2/c1-15-7-9-17(13-23-15)21(27)26-12-4-5-16(14-26)8-10-19-24-20(28-25-19)18-6-2-3-11-22-18/h2-3,6-7,9,11,13,16H,4-5,8,10,12,14H2,1H3. The van der Waals surface area contributed by atoms with Crippen LogP contribution >= 0.6 is 0 Å². The average molecular weight is 377 g/mol. The van der Waals surface area contributed by atoms with Crippen LogP contribution in [-0.4, -0.2) is 44.0 Å². The first kappa shape index (κ1) is 18.3. The molecule has 0 bridgehead atoms. The molecule has 1 amide bonds. The van der Waals surface area contributed by atoms with Gasteiger partial charge in [-0.1, -0.05) is 11.2 Å². The van der Waals surface area contributed by atoms with Crippen molar-refractivity contribution in [1.29, 1.82) is 0 Å². The lowest BCUT2D eigenvalue weighted by Gasteiger charge is -2.32. The van der Waals surface area contributed by atoms with Crippen molar-refractivity contribution in [2.24, 2.45) is 5.92 Å². The predicted octanol–water partition coefficient (Wildman–Crippen LogP) is 3.32. The summed E-state index contributed by atoms with van der Waals surface area (Å²) in [5.41, 5.74) is 2.25. The molecule has 7 nitrogen and oxygen atoms in total. The summed E-state index contributed by atoms with van der Waals surface area (Å²) in [6.07, 6.45) is 7.16. The Labute approximate surface area is 163 Å². The molecule has 0 saturated carbocycles. The van der Waals surface area contributed by atoms with Crippen LogP contribution in [0.15, 0.2) is 47.2 Å². The van der Waals surface area contributed by atoms with E-state index in [9.17, 15) is 4.79 Å². The summed E-state index contributed by atoms with van der Waals surface area (Å²) in [7, 11) is 0. The lowest BCUT2D eigenvalue weighted by Crippen LogP contribution is -2.40. The van der Waals surface area contributed by atoms with Gasteiger partial charge in [-0.15, -0.1) is 0 Å². The van der Waals surface area contributed by atoms with Crippen LogP contribution in [0.4, 0.5) is 0 Å². The highest BCUT2D eigenvalue weighted by Crippen LogP contribution is 2.23. The second-order valence-electron chi connectivity index (χ2n) is 7.22. The van der Waals surface area contributed by atoms with Crippen LogP contribution in [0.2, 0.25) is 0 Å². The maximum absolute atomic E-state index is 12.7. The summed E-state index contributed by atoms with van der Waals surface area (Å²) in [5.74, 6) is 1.64. The third-order valence-electron chi connectivity index (χ3n) is 5.09. The molecule has 0 radical (unpaired) electrons. The van der Waals surface area contributed by atoms with Crippen molar-refractivity contribution in [3.8, 4) is 11.6 Å². The number of aromatic nitrogens is 4. The minimum Gasteiger partial charge on any atom is -0.338 e. The number of pyridine rings is 2. The summed E-state index contributed by atoms with van der Waals surface area (Å²) in [4.78, 5) is 27.6. The minimum atomic E-state index is 0.0641. The molecule has 3 aromatic rings. The van der Waals surface area contributed by atoms with Crippen LogP contribution in [0.5, 0.6) is 0 Å². The predicted molar refractivity (Wildman–Crippen MR) is 103 cm³/mol. The molecule has 1 fully saturated rings. The van der Waals surface area contributed by atoms with E-state index < -0.39 is 0 Å². The number of hydrogen-bond acceptors (Lipinski definition) is 6. The fourth-order valence-corrected chi connectivity index (χ4v) is 3.54. The Hall–Kier alpha value is -3.09. The fraction of sp³-hybridized carbons (Fsp3) is 0.381. The number of carbonyl (C=O) groups excluding carboxylic acids is 1. The molecular weight excluding hydrogens is 354 g/mol. The van der Waals surface area contributed by atoms with E-state index in [0.29, 0.717) is 28.9 Å². The van der Waals surface area contributed by atoms with Crippen molar-refractivity contribution < 1.29 is 9.32 Å². The van der Waals surface area contributed by atoms with Gasteiger partial charge in [-0.25, -0.2) is 0 Å². The van der Waals surface area contributed by atoms with Gasteiger partial charge in [0.2, 0.25) is 0 Å². The van der Waals surface area contributed by atoms with Gasteiger partial charge in [0.15, 0.2) is 5.82 Å². The van der Waals surface area contributed by atoms with Crippen LogP contribution in [0.25, 0.3) is 11.6 Å². The van der Waals surface area contributed by atoms with Gasteiger partial charge in [0.25, 0.3) is 11.8 Å². The molecule has 4 heterocycles. The van der Waals surface area contributed by atoms with Gasteiger partial charge in [-0.05, 0) is 56.4 Å². The highest BCUT2D eigenvalue weighted by Gasteiger charge is 2.25. The normalized spacial score (nSPS) is 16.9. The number of likely N-dealkylation sites (tertiary alicyclic amines) is 1. The summed E-state index contributed by atoms with van der Waals surface area (Å²) >= 11 is 0. The highest BCUT2D eigenvalue weighted by molar-refractivity contribution is 5.94. The zero-order chi connectivity index (χ0) is 19.3. The van der Waals surface area contributed by atoms with E-state index in [4.69, 9.17) is 4.52 Å². The molecule has 0 aliphatic carbocycles. The Morgan fingerprint density at radius 3 is 2.96 bits per heavy atom. The first-order valence-corrected chi connectivity index (χ1v) is 9.65. The van der Waals surface area contributed by atoms with Crippen LogP contribution in [-0.2, 0) is 6.42 Å². The summed E-state index contributed by atoms with van der Waals surface area (Å²) in [5, 5.41) is 4.07. The van der Waals surface area contributed by atoms with E-state index in [-0.39, 0.29) is 5.91 Å². The molecule has 0 aromatic carbocycles. The molecule has 1 atom stereocenters. The molecule has 7 heteroatoms. The maximum Gasteiger partial charge on any atom is 0.276 e. The van der Waals surface area contributed by atoms with E-state index in [1.807, 2.05) is 42.2 Å². The smallest absolute Gasteiger partial charge is 0.276 e. The third kappa shape index (κ3) is 4.24. The molecule has 4 rings (SSSR count). The monoisotopic (exact) mass is 377 g/mol. The van der Waals surface area contributed by atoms with E-state index in [1.165, 1.54) is 0 Å². The number of nitrogens with zero attached hydrogens (tertiary/aromatic N) is 5. The Kier molecular flexibility index (Phi) is 5.41. The van der Waals surface area contributed by atoms with Crippen molar-refractivity contribution in [3.63, 3.8) is 0 Å². The molecule has 1 saturated heterocycles. The molecule has 3 aromatic heterocycles. The van der Waals surface area contributed by atoms with E-state index in [0.717, 1.165) is 44.5 Å². The zero-order valence-electron chi connectivity index (χ0n) is 15.9. The SMILES string of the molecule is Cc1ccc(C(=O)N2CCCC(CCc3noc(-c4ccccn4)n3)C2)cn1. The van der Waals surface area contributed by atoms with Crippen molar-refractivity contribution in [2.45, 2.75) is 32.6 Å². The van der Waals surface area contributed by atoms with E-state index >= 15 is 0 Å². The van der Waals surface area contributed by atoms with Gasteiger partial charge in [0.1, 0.15) is 5.69 Å². The van der Waals surface area contributed by atoms with Gasteiger partial charge in [0.05, 0.1) is 5.56 Å². The molecule has 28 heavy (non-hydrogen) atoms. The van der Waals surface area contributed by atoms with Crippen LogP contribution in [0.1, 0.15) is 41.1 Å². The van der Waals surface area contributed by atoms with E-state index in [2.05, 4.69) is 20.1 Å². The number of hydrogen-bond donors (Lipinski definition) is 0. The number of piperidine rings is 1. The molecule has 144 valence electrons. The van der Waals surface area contributed by atoms with Crippen molar-refractivity contribution in [2.75, 3.05) is 13.1 Å². The molecular formula is C21H23N5O2. The second kappa shape index (κ2) is 8.29. The quantitative estimate of drug-likeness (QED) is 0.678. The Balaban J connectivity index is 1.33. The van der Waals surface area contributed by atoms with E-state index in [1.54, 1.807) is 12.4 Å². The summed E-state index contributed by atoms with van der Waals surface area (Å²) in [6.45, 7) is 3.48. The van der Waals surface area contributed by atoms with Gasteiger partial charge in [-0.3, -0.25) is 14.8 Å². The van der Waals surface area contributed by atoms with Crippen molar-refractivity contribution in [1.82, 2.24) is 25.0 Å². The van der Waals surface area contributed by atoms with Crippen LogP contribution in [0.3, 0.4) is 0 Å². The van der Waals surface area contributed by atoms with Gasteiger partial charge < -0.3 is 9.42 Å². The van der Waals surface area contributed by atoms with Gasteiger partial charge in [0, 0.05) is 37.6 Å². The van der Waals surface area contributed by atoms with Crippen molar-refractivity contribution >= 4 is 5.91 Å². The molecule has 1 aliphatic heterocycles. The molecule has 0 spiro atoms. The Morgan fingerprint density at radius 2 is 2.18 bits per heavy atom. The lowest BCUT2D eigenvalue weighted by atomic mass is 9.93. The zero-order valence-corrected chi connectivity index (χ0v) is 15.9. The summed E-state index contributed by atoms with van der Waals surface area (Å²) in [6, 6.07) is 9.33. The number of rotatable bonds is 5. The van der Waals surface area contributed by atoms with Gasteiger partial charge >= 0.3 is 0 Å².